The van der Waals surface area contributed by atoms with E-state index in [1.807, 2.05) is 0 Å². The first-order valence-corrected chi connectivity index (χ1v) is 7.40. The van der Waals surface area contributed by atoms with Crippen LogP contribution in [0.25, 0.3) is 0 Å². The Bertz CT molecular complexity index is 573. The number of carbonyl (C=O) groups excluding carboxylic acids is 1. The van der Waals surface area contributed by atoms with E-state index in [0.29, 0.717) is 11.4 Å². The summed E-state index contributed by atoms with van der Waals surface area (Å²) in [5.74, 6) is -1.16. The number of halogens is 3. The highest BCUT2D eigenvalue weighted by atomic mass is 19.4. The largest absolute Gasteiger partial charge is 0.497 e. The number of hydrogen-bond acceptors (Lipinski definition) is 3. The second-order valence-electron chi connectivity index (χ2n) is 6.24. The Hall–Kier alpha value is -1.76. The van der Waals surface area contributed by atoms with Gasteiger partial charge in [-0.3, -0.25) is 9.69 Å². The maximum absolute atomic E-state index is 13.1. The lowest BCUT2D eigenvalue weighted by Crippen LogP contribution is -2.49. The van der Waals surface area contributed by atoms with Gasteiger partial charge in [0.05, 0.1) is 19.6 Å². The molecule has 0 saturated carbocycles. The number of ether oxygens (including phenoxy) is 1. The van der Waals surface area contributed by atoms with Gasteiger partial charge in [-0.1, -0.05) is 6.07 Å². The summed E-state index contributed by atoms with van der Waals surface area (Å²) in [7, 11) is 1.52. The van der Waals surface area contributed by atoms with Crippen LogP contribution in [0.1, 0.15) is 20.3 Å². The van der Waals surface area contributed by atoms with Crippen LogP contribution in [0, 0.1) is 5.92 Å². The first-order valence-electron chi connectivity index (χ1n) is 7.40. The van der Waals surface area contributed by atoms with Crippen molar-refractivity contribution in [3.05, 3.63) is 24.3 Å². The molecule has 0 bridgehead atoms. The summed E-state index contributed by atoms with van der Waals surface area (Å²) >= 11 is 0. The summed E-state index contributed by atoms with van der Waals surface area (Å²) in [6.07, 6.45) is -4.23. The van der Waals surface area contributed by atoms with Crippen LogP contribution in [0.2, 0.25) is 0 Å². The molecule has 1 aromatic rings. The third-order valence-corrected chi connectivity index (χ3v) is 4.44. The number of hydrogen-bond donors (Lipinski definition) is 1. The van der Waals surface area contributed by atoms with E-state index < -0.39 is 17.6 Å². The lowest BCUT2D eigenvalue weighted by Gasteiger charge is -2.36. The summed E-state index contributed by atoms with van der Waals surface area (Å²) in [5, 5.41) is 2.69. The molecule has 1 fully saturated rings. The summed E-state index contributed by atoms with van der Waals surface area (Å²) in [5.41, 5.74) is -0.539. The first kappa shape index (κ1) is 17.6. The van der Waals surface area contributed by atoms with Crippen molar-refractivity contribution in [2.45, 2.75) is 32.0 Å². The van der Waals surface area contributed by atoms with Crippen LogP contribution in [-0.2, 0) is 4.79 Å². The van der Waals surface area contributed by atoms with Crippen LogP contribution in [0.15, 0.2) is 24.3 Å². The standard InChI is InChI=1S/C16H21F3N2O2/c1-15(2)13(16(17,18)19)7-8-21(15)10-14(22)20-11-5-4-6-12(9-11)23-3/h4-6,9,13H,7-8,10H2,1-3H3,(H,20,22)/t13-/m0/s1. The van der Waals surface area contributed by atoms with Gasteiger partial charge in [0.15, 0.2) is 0 Å². The highest BCUT2D eigenvalue weighted by molar-refractivity contribution is 5.92. The molecule has 128 valence electrons. The number of amides is 1. The summed E-state index contributed by atoms with van der Waals surface area (Å²) in [6, 6.07) is 6.83. The van der Waals surface area contributed by atoms with Gasteiger partial charge in [0, 0.05) is 17.3 Å². The van der Waals surface area contributed by atoms with Crippen LogP contribution < -0.4 is 10.1 Å². The van der Waals surface area contributed by atoms with E-state index in [4.69, 9.17) is 4.74 Å². The zero-order valence-corrected chi connectivity index (χ0v) is 13.4. The molecule has 1 aromatic carbocycles. The first-order chi connectivity index (χ1) is 10.6. The minimum Gasteiger partial charge on any atom is -0.497 e. The molecule has 7 heteroatoms. The molecule has 0 spiro atoms. The molecule has 2 rings (SSSR count). The van der Waals surface area contributed by atoms with Crippen molar-refractivity contribution in [2.75, 3.05) is 25.5 Å². The lowest BCUT2D eigenvalue weighted by molar-refractivity contribution is -0.191. The Balaban J connectivity index is 2.00. The van der Waals surface area contributed by atoms with Crippen molar-refractivity contribution in [3.8, 4) is 5.75 Å². The minimum atomic E-state index is -4.25. The number of alkyl halides is 3. The zero-order valence-electron chi connectivity index (χ0n) is 13.4. The molecule has 0 aromatic heterocycles. The van der Waals surface area contributed by atoms with E-state index in [1.54, 1.807) is 29.2 Å². The highest BCUT2D eigenvalue weighted by Crippen LogP contribution is 2.44. The number of carbonyl (C=O) groups is 1. The lowest BCUT2D eigenvalue weighted by atomic mass is 9.88. The molecule has 1 saturated heterocycles. The van der Waals surface area contributed by atoms with Crippen LogP contribution in [-0.4, -0.2) is 42.7 Å². The third-order valence-electron chi connectivity index (χ3n) is 4.44. The zero-order chi connectivity index (χ0) is 17.3. The van der Waals surface area contributed by atoms with Gasteiger partial charge < -0.3 is 10.1 Å². The fourth-order valence-electron chi connectivity index (χ4n) is 3.07. The normalized spacial score (nSPS) is 21.2. The van der Waals surface area contributed by atoms with Crippen molar-refractivity contribution in [3.63, 3.8) is 0 Å². The van der Waals surface area contributed by atoms with Gasteiger partial charge in [-0.2, -0.15) is 13.2 Å². The van der Waals surface area contributed by atoms with Gasteiger partial charge in [0.2, 0.25) is 5.91 Å². The van der Waals surface area contributed by atoms with Crippen molar-refractivity contribution < 1.29 is 22.7 Å². The number of benzene rings is 1. The smallest absolute Gasteiger partial charge is 0.393 e. The predicted octanol–water partition coefficient (Wildman–Crippen LogP) is 3.30. The molecule has 1 N–H and O–H groups in total. The molecule has 23 heavy (non-hydrogen) atoms. The van der Waals surface area contributed by atoms with Gasteiger partial charge in [0.1, 0.15) is 5.75 Å². The minimum absolute atomic E-state index is 0.0168. The number of nitrogens with one attached hydrogen (secondary N) is 1. The highest BCUT2D eigenvalue weighted by Gasteiger charge is 2.54. The average molecular weight is 330 g/mol. The fourth-order valence-corrected chi connectivity index (χ4v) is 3.07. The van der Waals surface area contributed by atoms with Crippen molar-refractivity contribution in [2.24, 2.45) is 5.92 Å². The van der Waals surface area contributed by atoms with Gasteiger partial charge in [-0.25, -0.2) is 0 Å². The Morgan fingerprint density at radius 2 is 2.13 bits per heavy atom. The third kappa shape index (κ3) is 3.96. The Morgan fingerprint density at radius 3 is 2.70 bits per heavy atom. The molecular formula is C16H21F3N2O2. The molecule has 0 unspecified atom stereocenters. The van der Waals surface area contributed by atoms with E-state index in [9.17, 15) is 18.0 Å². The van der Waals surface area contributed by atoms with Crippen LogP contribution in [0.3, 0.4) is 0 Å². The number of nitrogens with zero attached hydrogens (tertiary/aromatic N) is 1. The van der Waals surface area contributed by atoms with Gasteiger partial charge in [-0.15, -0.1) is 0 Å². The van der Waals surface area contributed by atoms with E-state index >= 15 is 0 Å². The SMILES string of the molecule is COc1cccc(NC(=O)CN2CC[C@H](C(F)(F)F)C2(C)C)c1. The van der Waals surface area contributed by atoms with Crippen LogP contribution >= 0.6 is 0 Å². The Kier molecular flexibility index (Phi) is 4.89. The van der Waals surface area contributed by atoms with Crippen molar-refractivity contribution >= 4 is 11.6 Å². The number of likely N-dealkylation sites (tertiary alicyclic amines) is 1. The second kappa shape index (κ2) is 6.39. The molecule has 1 aliphatic rings. The second-order valence-corrected chi connectivity index (χ2v) is 6.24. The monoisotopic (exact) mass is 330 g/mol. The summed E-state index contributed by atoms with van der Waals surface area (Å²) in [4.78, 5) is 13.7. The molecular weight excluding hydrogens is 309 g/mol. The van der Waals surface area contributed by atoms with Crippen molar-refractivity contribution in [1.82, 2.24) is 4.90 Å². The Morgan fingerprint density at radius 1 is 1.43 bits per heavy atom. The van der Waals surface area contributed by atoms with Crippen LogP contribution in [0.5, 0.6) is 5.75 Å². The summed E-state index contributed by atoms with van der Waals surface area (Å²) in [6.45, 7) is 3.26. The topological polar surface area (TPSA) is 41.6 Å². The molecule has 0 radical (unpaired) electrons. The molecule has 4 nitrogen and oxygen atoms in total. The van der Waals surface area contributed by atoms with Gasteiger partial charge in [0.25, 0.3) is 0 Å². The molecule has 1 heterocycles. The Labute approximate surface area is 133 Å². The number of anilines is 1. The summed E-state index contributed by atoms with van der Waals surface area (Å²) < 4.78 is 44.2. The van der Waals surface area contributed by atoms with E-state index in [0.717, 1.165) is 0 Å². The average Bonchev–Trinajstić information content (AvgIpc) is 2.74. The van der Waals surface area contributed by atoms with E-state index in [2.05, 4.69) is 5.32 Å². The number of methoxy groups -OCH3 is 1. The fraction of sp³-hybridized carbons (Fsp3) is 0.562. The van der Waals surface area contributed by atoms with E-state index in [1.165, 1.54) is 21.0 Å². The number of rotatable bonds is 4. The quantitative estimate of drug-likeness (QED) is 0.921. The molecule has 1 aliphatic heterocycles. The van der Waals surface area contributed by atoms with E-state index in [-0.39, 0.29) is 25.4 Å². The van der Waals surface area contributed by atoms with Crippen LogP contribution in [0.4, 0.5) is 18.9 Å². The molecule has 1 amide bonds. The molecule has 0 aliphatic carbocycles. The van der Waals surface area contributed by atoms with Crippen molar-refractivity contribution in [1.29, 1.82) is 0 Å². The van der Waals surface area contributed by atoms with Gasteiger partial charge in [-0.05, 0) is 38.9 Å². The predicted molar refractivity (Wildman–Crippen MR) is 81.4 cm³/mol. The van der Waals surface area contributed by atoms with Gasteiger partial charge >= 0.3 is 6.18 Å². The maximum atomic E-state index is 13.1. The molecule has 1 atom stereocenters. The maximum Gasteiger partial charge on any atom is 0.393 e.